The second-order valence-corrected chi connectivity index (χ2v) is 3.65. The van der Waals surface area contributed by atoms with Gasteiger partial charge >= 0.3 is 12.3 Å². The molecule has 0 spiro atoms. The number of alkyl halides is 3. The SMILES string of the molecule is Nc1ccccc1OCCC(=O)OCCOC(F)(F)F. The molecule has 1 aromatic carbocycles. The molecule has 0 heterocycles. The van der Waals surface area contributed by atoms with Crippen molar-refractivity contribution in [3.05, 3.63) is 24.3 Å². The van der Waals surface area contributed by atoms with Crippen molar-refractivity contribution in [2.45, 2.75) is 12.8 Å². The molecule has 0 bridgehead atoms. The number of para-hydroxylation sites is 2. The number of anilines is 1. The normalized spacial score (nSPS) is 11.2. The molecule has 8 heteroatoms. The predicted molar refractivity (Wildman–Crippen MR) is 63.9 cm³/mol. The molecule has 0 saturated heterocycles. The van der Waals surface area contributed by atoms with Crippen LogP contribution in [-0.4, -0.2) is 32.2 Å². The first kappa shape index (κ1) is 16.1. The maximum atomic E-state index is 11.6. The third-order valence-electron chi connectivity index (χ3n) is 2.09. The van der Waals surface area contributed by atoms with Crippen LogP contribution in [0.4, 0.5) is 18.9 Å². The fourth-order valence-electron chi connectivity index (χ4n) is 1.24. The summed E-state index contributed by atoms with van der Waals surface area (Å²) in [6.07, 6.45) is -4.82. The third-order valence-corrected chi connectivity index (χ3v) is 2.09. The van der Waals surface area contributed by atoms with Crippen molar-refractivity contribution in [3.63, 3.8) is 0 Å². The fourth-order valence-corrected chi connectivity index (χ4v) is 1.24. The Kier molecular flexibility index (Phi) is 6.10. The van der Waals surface area contributed by atoms with Gasteiger partial charge in [-0.3, -0.25) is 9.53 Å². The average molecular weight is 293 g/mol. The molecule has 2 N–H and O–H groups in total. The summed E-state index contributed by atoms with van der Waals surface area (Å²) in [5.74, 6) is -0.244. The van der Waals surface area contributed by atoms with Crippen LogP contribution in [-0.2, 0) is 14.3 Å². The van der Waals surface area contributed by atoms with Crippen molar-refractivity contribution in [2.24, 2.45) is 0 Å². The Morgan fingerprint density at radius 2 is 1.85 bits per heavy atom. The summed E-state index contributed by atoms with van der Waals surface area (Å²) in [5, 5.41) is 0. The summed E-state index contributed by atoms with van der Waals surface area (Å²) < 4.78 is 48.0. The minimum Gasteiger partial charge on any atom is -0.491 e. The number of carbonyl (C=O) groups excluding carboxylic acids is 1. The summed E-state index contributed by atoms with van der Waals surface area (Å²) in [5.41, 5.74) is 6.04. The van der Waals surface area contributed by atoms with Crippen molar-refractivity contribution < 1.29 is 32.2 Å². The highest BCUT2D eigenvalue weighted by Gasteiger charge is 2.28. The van der Waals surface area contributed by atoms with E-state index in [0.717, 1.165) is 0 Å². The zero-order chi connectivity index (χ0) is 15.0. The van der Waals surface area contributed by atoms with Gasteiger partial charge in [0.2, 0.25) is 0 Å². The van der Waals surface area contributed by atoms with E-state index >= 15 is 0 Å². The number of benzene rings is 1. The topological polar surface area (TPSA) is 70.8 Å². The van der Waals surface area contributed by atoms with Crippen molar-refractivity contribution >= 4 is 11.7 Å². The van der Waals surface area contributed by atoms with E-state index < -0.39 is 25.5 Å². The van der Waals surface area contributed by atoms with Gasteiger partial charge in [0.15, 0.2) is 0 Å². The zero-order valence-electron chi connectivity index (χ0n) is 10.5. The lowest BCUT2D eigenvalue weighted by Crippen LogP contribution is -2.19. The molecule has 1 rings (SSSR count). The highest BCUT2D eigenvalue weighted by molar-refractivity contribution is 5.69. The van der Waals surface area contributed by atoms with Crippen LogP contribution in [0.15, 0.2) is 24.3 Å². The molecular weight excluding hydrogens is 279 g/mol. The highest BCUT2D eigenvalue weighted by atomic mass is 19.4. The van der Waals surface area contributed by atoms with Crippen molar-refractivity contribution in [3.8, 4) is 5.75 Å². The number of halogens is 3. The fraction of sp³-hybridized carbons (Fsp3) is 0.417. The molecule has 0 aliphatic rings. The number of hydrogen-bond acceptors (Lipinski definition) is 5. The second-order valence-electron chi connectivity index (χ2n) is 3.65. The van der Waals surface area contributed by atoms with Crippen LogP contribution < -0.4 is 10.5 Å². The Morgan fingerprint density at radius 3 is 2.50 bits per heavy atom. The molecule has 112 valence electrons. The smallest absolute Gasteiger partial charge is 0.491 e. The first-order valence-corrected chi connectivity index (χ1v) is 5.72. The molecule has 0 fully saturated rings. The van der Waals surface area contributed by atoms with Gasteiger partial charge in [-0.2, -0.15) is 0 Å². The monoisotopic (exact) mass is 293 g/mol. The van der Waals surface area contributed by atoms with E-state index in [4.69, 9.17) is 10.5 Å². The standard InChI is InChI=1S/C12H14F3NO4/c13-12(14,15)20-8-7-19-11(17)5-6-18-10-4-2-1-3-9(10)16/h1-4H,5-8,16H2. The molecule has 5 nitrogen and oxygen atoms in total. The second kappa shape index (κ2) is 7.59. The van der Waals surface area contributed by atoms with Crippen molar-refractivity contribution in [1.82, 2.24) is 0 Å². The lowest BCUT2D eigenvalue weighted by molar-refractivity contribution is -0.326. The number of esters is 1. The minimum atomic E-state index is -4.72. The summed E-state index contributed by atoms with van der Waals surface area (Å²) in [4.78, 5) is 11.2. The molecular formula is C12H14F3NO4. The van der Waals surface area contributed by atoms with E-state index in [1.165, 1.54) is 0 Å². The van der Waals surface area contributed by atoms with E-state index in [1.54, 1.807) is 24.3 Å². The van der Waals surface area contributed by atoms with Crippen LogP contribution in [0.25, 0.3) is 0 Å². The minimum absolute atomic E-state index is 0.0210. The lowest BCUT2D eigenvalue weighted by atomic mass is 10.3. The summed E-state index contributed by atoms with van der Waals surface area (Å²) in [6, 6.07) is 6.73. The van der Waals surface area contributed by atoms with Gasteiger partial charge in [-0.05, 0) is 12.1 Å². The number of nitrogen functional groups attached to an aromatic ring is 1. The Labute approximate surface area is 113 Å². The summed E-state index contributed by atoms with van der Waals surface area (Å²) in [7, 11) is 0. The molecule has 0 amide bonds. The van der Waals surface area contributed by atoms with Crippen molar-refractivity contribution in [1.29, 1.82) is 0 Å². The maximum Gasteiger partial charge on any atom is 0.522 e. The Morgan fingerprint density at radius 1 is 1.15 bits per heavy atom. The largest absolute Gasteiger partial charge is 0.522 e. The molecule has 0 atom stereocenters. The van der Waals surface area contributed by atoms with Gasteiger partial charge in [-0.25, -0.2) is 0 Å². The van der Waals surface area contributed by atoms with E-state index in [9.17, 15) is 18.0 Å². The van der Waals surface area contributed by atoms with Crippen LogP contribution >= 0.6 is 0 Å². The van der Waals surface area contributed by atoms with Crippen molar-refractivity contribution in [2.75, 3.05) is 25.6 Å². The molecule has 20 heavy (non-hydrogen) atoms. The maximum absolute atomic E-state index is 11.6. The number of carbonyl (C=O) groups is 1. The molecule has 1 aromatic rings. The average Bonchev–Trinajstić information content (AvgIpc) is 2.36. The van der Waals surface area contributed by atoms with E-state index in [0.29, 0.717) is 11.4 Å². The van der Waals surface area contributed by atoms with Gasteiger partial charge < -0.3 is 15.2 Å². The van der Waals surface area contributed by atoms with E-state index in [1.807, 2.05) is 0 Å². The number of rotatable bonds is 7. The number of ether oxygens (including phenoxy) is 3. The molecule has 0 saturated carbocycles. The van der Waals surface area contributed by atoms with Gasteiger partial charge in [0.1, 0.15) is 12.4 Å². The lowest BCUT2D eigenvalue weighted by Gasteiger charge is -2.09. The van der Waals surface area contributed by atoms with Gasteiger partial charge in [0, 0.05) is 0 Å². The molecule has 0 radical (unpaired) electrons. The first-order chi connectivity index (χ1) is 9.38. The summed E-state index contributed by atoms with van der Waals surface area (Å²) >= 11 is 0. The van der Waals surface area contributed by atoms with Crippen LogP contribution in [0.2, 0.25) is 0 Å². The summed E-state index contributed by atoms with van der Waals surface area (Å²) in [6.45, 7) is -1.18. The van der Waals surface area contributed by atoms with Crippen LogP contribution in [0.3, 0.4) is 0 Å². The number of nitrogens with two attached hydrogens (primary N) is 1. The van der Waals surface area contributed by atoms with Gasteiger partial charge in [0.25, 0.3) is 0 Å². The molecule has 0 aliphatic heterocycles. The first-order valence-electron chi connectivity index (χ1n) is 5.72. The Balaban J connectivity index is 2.13. The Bertz CT molecular complexity index is 437. The zero-order valence-corrected chi connectivity index (χ0v) is 10.5. The third kappa shape index (κ3) is 6.83. The van der Waals surface area contributed by atoms with Gasteiger partial charge in [0.05, 0.1) is 25.3 Å². The van der Waals surface area contributed by atoms with Crippen LogP contribution in [0, 0.1) is 0 Å². The molecule has 0 aliphatic carbocycles. The van der Waals surface area contributed by atoms with Gasteiger partial charge in [-0.1, -0.05) is 12.1 Å². The van der Waals surface area contributed by atoms with Gasteiger partial charge in [-0.15, -0.1) is 13.2 Å². The molecule has 0 aromatic heterocycles. The number of hydrogen-bond donors (Lipinski definition) is 1. The Hall–Kier alpha value is -1.96. The van der Waals surface area contributed by atoms with Crippen LogP contribution in [0.1, 0.15) is 6.42 Å². The van der Waals surface area contributed by atoms with Crippen LogP contribution in [0.5, 0.6) is 5.75 Å². The van der Waals surface area contributed by atoms with E-state index in [-0.39, 0.29) is 13.0 Å². The van der Waals surface area contributed by atoms with E-state index in [2.05, 4.69) is 9.47 Å². The predicted octanol–water partition coefficient (Wildman–Crippen LogP) is 2.12. The quantitative estimate of drug-likeness (QED) is 0.473. The molecule has 0 unspecified atom stereocenters. The highest BCUT2D eigenvalue weighted by Crippen LogP contribution is 2.19.